The van der Waals surface area contributed by atoms with Gasteiger partial charge < -0.3 is 10.1 Å². The fraction of sp³-hybridized carbons (Fsp3) is 0.650. The van der Waals surface area contributed by atoms with Crippen LogP contribution in [0.3, 0.4) is 0 Å². The molecule has 3 nitrogen and oxygen atoms in total. The summed E-state index contributed by atoms with van der Waals surface area (Å²) in [6.07, 6.45) is 8.34. The lowest BCUT2D eigenvalue weighted by atomic mass is 9.49. The molecule has 0 aromatic heterocycles. The molecule has 1 amide bonds. The number of carbonyl (C=O) groups is 1. The first kappa shape index (κ1) is 15.0. The van der Waals surface area contributed by atoms with E-state index in [2.05, 4.69) is 5.32 Å². The SMILES string of the molecule is Cc1ccccc1OCC(=O)NCC12CC3CC(CC(C3)C1)C2. The van der Waals surface area contributed by atoms with Crippen LogP contribution in [0.5, 0.6) is 5.75 Å². The number of aryl methyl sites for hydroxylation is 1. The Bertz CT molecular complexity index is 560. The maximum absolute atomic E-state index is 12.2. The molecule has 1 aromatic rings. The molecule has 0 unspecified atom stereocenters. The van der Waals surface area contributed by atoms with Gasteiger partial charge in [-0.1, -0.05) is 18.2 Å². The van der Waals surface area contributed by atoms with Gasteiger partial charge in [-0.3, -0.25) is 4.79 Å². The molecular weight excluding hydrogens is 286 g/mol. The molecule has 1 aromatic carbocycles. The van der Waals surface area contributed by atoms with Crippen molar-refractivity contribution in [2.45, 2.75) is 45.4 Å². The molecule has 0 heterocycles. The summed E-state index contributed by atoms with van der Waals surface area (Å²) in [4.78, 5) is 12.2. The van der Waals surface area contributed by atoms with Gasteiger partial charge in [-0.25, -0.2) is 0 Å². The van der Waals surface area contributed by atoms with Crippen molar-refractivity contribution in [1.82, 2.24) is 5.32 Å². The third kappa shape index (κ3) is 3.11. The van der Waals surface area contributed by atoms with Crippen LogP contribution in [0.4, 0.5) is 0 Å². The van der Waals surface area contributed by atoms with E-state index in [1.165, 1.54) is 38.5 Å². The predicted octanol–water partition coefficient (Wildman–Crippen LogP) is 3.71. The predicted molar refractivity (Wildman–Crippen MR) is 90.3 cm³/mol. The van der Waals surface area contributed by atoms with E-state index in [4.69, 9.17) is 4.74 Å². The number of nitrogens with one attached hydrogen (secondary N) is 1. The molecule has 4 saturated carbocycles. The number of rotatable bonds is 5. The van der Waals surface area contributed by atoms with Gasteiger partial charge >= 0.3 is 0 Å². The molecule has 4 aliphatic carbocycles. The molecule has 23 heavy (non-hydrogen) atoms. The molecule has 0 spiro atoms. The van der Waals surface area contributed by atoms with Crippen LogP contribution < -0.4 is 10.1 Å². The zero-order valence-corrected chi connectivity index (χ0v) is 14.0. The van der Waals surface area contributed by atoms with E-state index in [9.17, 15) is 4.79 Å². The Kier molecular flexibility index (Phi) is 3.82. The maximum atomic E-state index is 12.2. The van der Waals surface area contributed by atoms with E-state index in [1.807, 2.05) is 31.2 Å². The largest absolute Gasteiger partial charge is 0.484 e. The third-order valence-corrected chi connectivity index (χ3v) is 6.28. The van der Waals surface area contributed by atoms with Crippen molar-refractivity contribution in [3.8, 4) is 5.75 Å². The van der Waals surface area contributed by atoms with Gasteiger partial charge in [0.25, 0.3) is 5.91 Å². The second-order valence-electron chi connectivity index (χ2n) is 8.25. The summed E-state index contributed by atoms with van der Waals surface area (Å²) in [5.41, 5.74) is 1.47. The molecule has 0 radical (unpaired) electrons. The van der Waals surface area contributed by atoms with Crippen LogP contribution in [0.1, 0.15) is 44.1 Å². The molecule has 4 fully saturated rings. The highest BCUT2D eigenvalue weighted by Crippen LogP contribution is 2.59. The van der Waals surface area contributed by atoms with Crippen LogP contribution in [-0.4, -0.2) is 19.1 Å². The first-order valence-electron chi connectivity index (χ1n) is 9.07. The second kappa shape index (κ2) is 5.85. The van der Waals surface area contributed by atoms with Crippen LogP contribution >= 0.6 is 0 Å². The molecule has 1 N–H and O–H groups in total. The molecule has 0 saturated heterocycles. The smallest absolute Gasteiger partial charge is 0.257 e. The summed E-state index contributed by atoms with van der Waals surface area (Å²) in [6.45, 7) is 2.98. The maximum Gasteiger partial charge on any atom is 0.257 e. The van der Waals surface area contributed by atoms with Crippen LogP contribution in [-0.2, 0) is 4.79 Å². The standard InChI is InChI=1S/C20H27NO2/c1-14-4-2-3-5-18(14)23-12-19(22)21-13-20-9-15-6-16(10-20)8-17(7-15)11-20/h2-5,15-17H,6-13H2,1H3,(H,21,22). The van der Waals surface area contributed by atoms with Crippen LogP contribution in [0, 0.1) is 30.1 Å². The highest BCUT2D eigenvalue weighted by Gasteiger charge is 2.50. The number of ether oxygens (including phenoxy) is 1. The third-order valence-electron chi connectivity index (χ3n) is 6.28. The van der Waals surface area contributed by atoms with E-state index in [0.717, 1.165) is 35.6 Å². The van der Waals surface area contributed by atoms with Gasteiger partial charge in [0.15, 0.2) is 6.61 Å². The van der Waals surface area contributed by atoms with Crippen molar-refractivity contribution in [2.24, 2.45) is 23.2 Å². The average molecular weight is 313 g/mol. The fourth-order valence-electron chi connectivity index (χ4n) is 5.71. The van der Waals surface area contributed by atoms with Gasteiger partial charge in [-0.2, -0.15) is 0 Å². The minimum absolute atomic E-state index is 0.0176. The van der Waals surface area contributed by atoms with Crippen molar-refractivity contribution in [2.75, 3.05) is 13.2 Å². The van der Waals surface area contributed by atoms with E-state index in [-0.39, 0.29) is 12.5 Å². The fourth-order valence-corrected chi connectivity index (χ4v) is 5.71. The van der Waals surface area contributed by atoms with Gasteiger partial charge in [-0.15, -0.1) is 0 Å². The van der Waals surface area contributed by atoms with Crippen LogP contribution in [0.15, 0.2) is 24.3 Å². The van der Waals surface area contributed by atoms with Gasteiger partial charge in [0, 0.05) is 6.54 Å². The van der Waals surface area contributed by atoms with Crippen molar-refractivity contribution in [3.63, 3.8) is 0 Å². The average Bonchev–Trinajstić information content (AvgIpc) is 2.51. The van der Waals surface area contributed by atoms with E-state index < -0.39 is 0 Å². The number of hydrogen-bond acceptors (Lipinski definition) is 2. The molecule has 4 bridgehead atoms. The van der Waals surface area contributed by atoms with Crippen molar-refractivity contribution < 1.29 is 9.53 Å². The lowest BCUT2D eigenvalue weighted by Gasteiger charge is -2.56. The zero-order chi connectivity index (χ0) is 15.9. The molecule has 0 atom stereocenters. The summed E-state index contributed by atoms with van der Waals surface area (Å²) < 4.78 is 5.66. The number of benzene rings is 1. The molecule has 4 aliphatic rings. The molecule has 0 aliphatic heterocycles. The summed E-state index contributed by atoms with van der Waals surface area (Å²) in [7, 11) is 0. The van der Waals surface area contributed by atoms with E-state index in [0.29, 0.717) is 5.41 Å². The Labute approximate surface area is 138 Å². The first-order valence-corrected chi connectivity index (χ1v) is 9.07. The van der Waals surface area contributed by atoms with E-state index in [1.54, 1.807) is 0 Å². The minimum Gasteiger partial charge on any atom is -0.484 e. The molecule has 5 rings (SSSR count). The van der Waals surface area contributed by atoms with E-state index >= 15 is 0 Å². The molecule has 3 heteroatoms. The number of hydrogen-bond donors (Lipinski definition) is 1. The Hall–Kier alpha value is -1.51. The van der Waals surface area contributed by atoms with Crippen LogP contribution in [0.25, 0.3) is 0 Å². The first-order chi connectivity index (χ1) is 11.1. The van der Waals surface area contributed by atoms with Crippen molar-refractivity contribution in [3.05, 3.63) is 29.8 Å². The van der Waals surface area contributed by atoms with Gasteiger partial charge in [0.05, 0.1) is 0 Å². The monoisotopic (exact) mass is 313 g/mol. The summed E-state index contributed by atoms with van der Waals surface area (Å²) in [5, 5.41) is 3.17. The highest BCUT2D eigenvalue weighted by molar-refractivity contribution is 5.77. The van der Waals surface area contributed by atoms with Crippen molar-refractivity contribution in [1.29, 1.82) is 0 Å². The summed E-state index contributed by atoms with van der Waals surface area (Å²) in [5.74, 6) is 3.62. The lowest BCUT2D eigenvalue weighted by molar-refractivity contribution is -0.125. The Morgan fingerprint density at radius 3 is 2.35 bits per heavy atom. The normalized spacial score (nSPS) is 34.4. The van der Waals surface area contributed by atoms with Gasteiger partial charge in [-0.05, 0) is 80.2 Å². The highest BCUT2D eigenvalue weighted by atomic mass is 16.5. The Morgan fingerprint density at radius 2 is 1.74 bits per heavy atom. The van der Waals surface area contributed by atoms with Crippen LogP contribution in [0.2, 0.25) is 0 Å². The summed E-state index contributed by atoms with van der Waals surface area (Å²) in [6, 6.07) is 7.84. The Morgan fingerprint density at radius 1 is 1.13 bits per heavy atom. The van der Waals surface area contributed by atoms with Crippen molar-refractivity contribution >= 4 is 5.91 Å². The van der Waals surface area contributed by atoms with Gasteiger partial charge in [0.1, 0.15) is 5.75 Å². The zero-order valence-electron chi connectivity index (χ0n) is 14.0. The topological polar surface area (TPSA) is 38.3 Å². The Balaban J connectivity index is 1.29. The quantitative estimate of drug-likeness (QED) is 0.900. The molecule has 124 valence electrons. The van der Waals surface area contributed by atoms with Gasteiger partial charge in [0.2, 0.25) is 0 Å². The molecular formula is C20H27NO2. The second-order valence-corrected chi connectivity index (χ2v) is 8.25. The number of amides is 1. The minimum atomic E-state index is 0.0176. The number of carbonyl (C=O) groups excluding carboxylic acids is 1. The summed E-state index contributed by atoms with van der Waals surface area (Å²) >= 11 is 0. The lowest BCUT2D eigenvalue weighted by Crippen LogP contribution is -2.51. The number of para-hydroxylation sites is 1.